The van der Waals surface area contributed by atoms with Crippen LogP contribution in [-0.4, -0.2) is 26.8 Å². The van der Waals surface area contributed by atoms with Gasteiger partial charge < -0.3 is 9.63 Å². The number of aliphatic hydroxyl groups is 1. The first-order chi connectivity index (χ1) is 9.38. The Hall–Kier alpha value is -2.27. The lowest BCUT2D eigenvalue weighted by Gasteiger charge is -2.05. The van der Waals surface area contributed by atoms with Gasteiger partial charge in [-0.25, -0.2) is 0 Å². The molecule has 0 fully saturated rings. The first-order valence-electron chi connectivity index (χ1n) is 6.13. The fourth-order valence-electron chi connectivity index (χ4n) is 2.03. The summed E-state index contributed by atoms with van der Waals surface area (Å²) >= 11 is 0. The molecule has 2 heterocycles. The molecule has 0 bridgehead atoms. The van der Waals surface area contributed by atoms with Gasteiger partial charge in [-0.05, 0) is 18.1 Å². The van der Waals surface area contributed by atoms with E-state index in [-0.39, 0.29) is 6.61 Å². The number of nitrogens with zero attached hydrogens (tertiary/aromatic N) is 3. The molecule has 1 aliphatic rings. The van der Waals surface area contributed by atoms with Crippen LogP contribution in [0.15, 0.2) is 35.0 Å². The molecule has 2 aromatic rings. The fraction of sp³-hybridized carbons (Fsp3) is 0.214. The van der Waals surface area contributed by atoms with E-state index in [1.165, 1.54) is 5.56 Å². The summed E-state index contributed by atoms with van der Waals surface area (Å²) in [5.41, 5.74) is 2.91. The van der Waals surface area contributed by atoms with E-state index in [2.05, 4.69) is 21.2 Å². The third-order valence-corrected chi connectivity index (χ3v) is 2.93. The topological polar surface area (TPSA) is 72.0 Å². The van der Waals surface area contributed by atoms with Gasteiger partial charge >= 0.3 is 0 Å². The molecule has 96 valence electrons. The molecule has 0 atom stereocenters. The molecule has 0 spiro atoms. The zero-order valence-corrected chi connectivity index (χ0v) is 10.3. The number of fused-ring (bicyclic) bond motifs is 1. The van der Waals surface area contributed by atoms with E-state index in [0.29, 0.717) is 23.8 Å². The molecule has 5 nitrogen and oxygen atoms in total. The number of aliphatic hydroxyl groups excluding tert-OH is 1. The second-order valence-corrected chi connectivity index (χ2v) is 4.21. The predicted molar refractivity (Wildman–Crippen MR) is 70.2 cm³/mol. The average molecular weight is 255 g/mol. The van der Waals surface area contributed by atoms with Crippen molar-refractivity contribution >= 4 is 6.08 Å². The number of hydrogen-bond donors (Lipinski definition) is 1. The van der Waals surface area contributed by atoms with Crippen molar-refractivity contribution in [1.82, 2.24) is 15.1 Å². The minimum absolute atomic E-state index is 0.00815. The van der Waals surface area contributed by atoms with Gasteiger partial charge in [0.15, 0.2) is 0 Å². The highest BCUT2D eigenvalue weighted by molar-refractivity contribution is 5.71. The summed E-state index contributed by atoms with van der Waals surface area (Å²) in [7, 11) is 0. The van der Waals surface area contributed by atoms with Gasteiger partial charge in [0.1, 0.15) is 5.69 Å². The second kappa shape index (κ2) is 5.16. The monoisotopic (exact) mass is 255 g/mol. The molecule has 0 amide bonds. The minimum atomic E-state index is -0.00815. The van der Waals surface area contributed by atoms with Gasteiger partial charge in [-0.2, -0.15) is 4.98 Å². The molecule has 0 aliphatic heterocycles. The van der Waals surface area contributed by atoms with Crippen LogP contribution in [0.25, 0.3) is 17.6 Å². The zero-order valence-electron chi connectivity index (χ0n) is 10.3. The van der Waals surface area contributed by atoms with Crippen LogP contribution in [0.1, 0.15) is 17.0 Å². The minimum Gasteiger partial charge on any atom is -0.396 e. The zero-order chi connectivity index (χ0) is 13.1. The lowest BCUT2D eigenvalue weighted by molar-refractivity contribution is 0.274. The largest absolute Gasteiger partial charge is 0.396 e. The van der Waals surface area contributed by atoms with Crippen molar-refractivity contribution in [3.63, 3.8) is 0 Å². The van der Waals surface area contributed by atoms with Crippen molar-refractivity contribution in [1.29, 1.82) is 0 Å². The Morgan fingerprint density at radius 2 is 2.26 bits per heavy atom. The van der Waals surface area contributed by atoms with Crippen LogP contribution in [0, 0.1) is 0 Å². The maximum absolute atomic E-state index is 8.87. The molecule has 1 N–H and O–H groups in total. The smallest absolute Gasteiger partial charge is 0.229 e. The van der Waals surface area contributed by atoms with E-state index in [4.69, 9.17) is 9.63 Å². The van der Waals surface area contributed by atoms with E-state index >= 15 is 0 Å². The van der Waals surface area contributed by atoms with Crippen molar-refractivity contribution in [2.45, 2.75) is 12.8 Å². The first kappa shape index (κ1) is 11.8. The lowest BCUT2D eigenvalue weighted by Crippen LogP contribution is -1.96. The summed E-state index contributed by atoms with van der Waals surface area (Å²) in [6.07, 6.45) is 11.1. The van der Waals surface area contributed by atoms with Crippen LogP contribution in [0.5, 0.6) is 0 Å². The molecule has 5 heteroatoms. The highest BCUT2D eigenvalue weighted by Gasteiger charge is 2.15. The number of rotatable bonds is 3. The Balaban J connectivity index is 2.05. The highest BCUT2D eigenvalue weighted by atomic mass is 16.5. The Morgan fingerprint density at radius 3 is 3.16 bits per heavy atom. The maximum Gasteiger partial charge on any atom is 0.229 e. The number of allylic oxidation sites excluding steroid dienone is 3. The van der Waals surface area contributed by atoms with Crippen LogP contribution >= 0.6 is 0 Å². The van der Waals surface area contributed by atoms with Gasteiger partial charge in [0.05, 0.1) is 13.0 Å². The fourth-order valence-corrected chi connectivity index (χ4v) is 2.03. The summed E-state index contributed by atoms with van der Waals surface area (Å²) < 4.78 is 5.08. The van der Waals surface area contributed by atoms with Gasteiger partial charge in [-0.3, -0.25) is 4.98 Å². The number of hydrogen-bond acceptors (Lipinski definition) is 5. The van der Waals surface area contributed by atoms with Crippen molar-refractivity contribution in [2.24, 2.45) is 0 Å². The van der Waals surface area contributed by atoms with Crippen LogP contribution < -0.4 is 0 Å². The predicted octanol–water partition coefficient (Wildman–Crippen LogP) is 1.79. The summed E-state index contributed by atoms with van der Waals surface area (Å²) in [6, 6.07) is 1.99. The molecular formula is C14H13N3O2. The number of aromatic nitrogens is 3. The first-order valence-corrected chi connectivity index (χ1v) is 6.13. The molecule has 1 aliphatic carbocycles. The molecule has 3 rings (SSSR count). The molecule has 0 unspecified atom stereocenters. The molecular weight excluding hydrogens is 242 g/mol. The van der Waals surface area contributed by atoms with Crippen molar-refractivity contribution in [3.05, 3.63) is 47.5 Å². The van der Waals surface area contributed by atoms with E-state index < -0.39 is 0 Å². The Bertz CT molecular complexity index is 644. The molecule has 0 radical (unpaired) electrons. The quantitative estimate of drug-likeness (QED) is 0.905. The van der Waals surface area contributed by atoms with Gasteiger partial charge in [0, 0.05) is 11.8 Å². The third kappa shape index (κ3) is 2.32. The molecule has 0 saturated carbocycles. The van der Waals surface area contributed by atoms with Crippen LogP contribution in [-0.2, 0) is 12.8 Å². The van der Waals surface area contributed by atoms with Crippen molar-refractivity contribution < 1.29 is 9.63 Å². The van der Waals surface area contributed by atoms with Gasteiger partial charge in [-0.15, -0.1) is 0 Å². The van der Waals surface area contributed by atoms with Gasteiger partial charge in [-0.1, -0.05) is 29.5 Å². The SMILES string of the molecule is OCCc1nc(-c2nccc3c2C=CC=CC3)no1. The van der Waals surface area contributed by atoms with Gasteiger partial charge in [0.2, 0.25) is 11.7 Å². The average Bonchev–Trinajstić information content (AvgIpc) is 2.75. The van der Waals surface area contributed by atoms with E-state index in [1.807, 2.05) is 24.3 Å². The maximum atomic E-state index is 8.87. The Kier molecular flexibility index (Phi) is 3.20. The van der Waals surface area contributed by atoms with Gasteiger partial charge in [0.25, 0.3) is 0 Å². The third-order valence-electron chi connectivity index (χ3n) is 2.93. The van der Waals surface area contributed by atoms with Crippen LogP contribution in [0.3, 0.4) is 0 Å². The van der Waals surface area contributed by atoms with E-state index in [1.54, 1.807) is 6.20 Å². The Morgan fingerprint density at radius 1 is 1.32 bits per heavy atom. The van der Waals surface area contributed by atoms with Crippen LogP contribution in [0.4, 0.5) is 0 Å². The van der Waals surface area contributed by atoms with E-state index in [9.17, 15) is 0 Å². The van der Waals surface area contributed by atoms with Crippen LogP contribution in [0.2, 0.25) is 0 Å². The lowest BCUT2D eigenvalue weighted by atomic mass is 10.0. The van der Waals surface area contributed by atoms with E-state index in [0.717, 1.165) is 12.0 Å². The molecule has 2 aromatic heterocycles. The number of pyridine rings is 1. The van der Waals surface area contributed by atoms with Crippen molar-refractivity contribution in [2.75, 3.05) is 6.61 Å². The summed E-state index contributed by atoms with van der Waals surface area (Å²) in [5.74, 6) is 0.888. The standard InChI is InChI=1S/C14H13N3O2/c18-9-7-12-16-14(17-19-12)13-11-5-3-1-2-4-10(11)6-8-15-13/h1-3,5-6,8,18H,4,7,9H2. The molecule has 19 heavy (non-hydrogen) atoms. The summed E-state index contributed by atoms with van der Waals surface area (Å²) in [4.78, 5) is 8.61. The summed E-state index contributed by atoms with van der Waals surface area (Å²) in [6.45, 7) is -0.00815. The van der Waals surface area contributed by atoms with Crippen molar-refractivity contribution in [3.8, 4) is 11.5 Å². The second-order valence-electron chi connectivity index (χ2n) is 4.21. The summed E-state index contributed by atoms with van der Waals surface area (Å²) in [5, 5.41) is 12.8. The molecule has 0 aromatic carbocycles. The normalized spacial score (nSPS) is 13.3. The highest BCUT2D eigenvalue weighted by Crippen LogP contribution is 2.25. The molecule has 0 saturated heterocycles. The Labute approximate surface area is 110 Å².